The molecule has 4 atom stereocenters. The molecule has 2 aliphatic heterocycles. The SMILES string of the molecule is CC12C=NC=CC1c1cc(-c3cc(-c4ccc5c(c4)-c4ccccc4C4(C)C=CC=CC4c4ccccc4-5)cc(-c4ccc5sc6cnccc6c5c4)c3)ccc1S2. The number of thiophene rings is 1. The lowest BCUT2D eigenvalue weighted by atomic mass is 9.62. The summed E-state index contributed by atoms with van der Waals surface area (Å²) in [6.45, 7) is 4.72. The van der Waals surface area contributed by atoms with Gasteiger partial charge in [0.1, 0.15) is 0 Å². The molecule has 58 heavy (non-hydrogen) atoms. The quantitative estimate of drug-likeness (QED) is 0.178. The molecule has 0 spiro atoms. The number of aliphatic imine (C=N–C) groups is 1. The third-order valence-corrected chi connectivity index (χ3v) is 15.6. The Morgan fingerprint density at radius 1 is 0.552 bits per heavy atom. The van der Waals surface area contributed by atoms with Gasteiger partial charge in [-0.3, -0.25) is 9.98 Å². The number of thioether (sulfide) groups is 1. The Hall–Kier alpha value is -6.07. The van der Waals surface area contributed by atoms with E-state index >= 15 is 0 Å². The molecule has 276 valence electrons. The van der Waals surface area contributed by atoms with Crippen LogP contribution >= 0.6 is 23.1 Å². The molecule has 0 fully saturated rings. The molecule has 0 saturated carbocycles. The number of nitrogens with zero attached hydrogens (tertiary/aromatic N) is 2. The smallest absolute Gasteiger partial charge is 0.0634 e. The van der Waals surface area contributed by atoms with E-state index in [4.69, 9.17) is 0 Å². The second-order valence-electron chi connectivity index (χ2n) is 16.5. The number of benzene rings is 6. The minimum atomic E-state index is -0.190. The summed E-state index contributed by atoms with van der Waals surface area (Å²) >= 11 is 3.74. The van der Waals surface area contributed by atoms with Gasteiger partial charge in [0.25, 0.3) is 0 Å². The fraction of sp³-hybridized carbons (Fsp3) is 0.111. The van der Waals surface area contributed by atoms with Gasteiger partial charge >= 0.3 is 0 Å². The van der Waals surface area contributed by atoms with Crippen LogP contribution in [0.5, 0.6) is 0 Å². The zero-order valence-corrected chi connectivity index (χ0v) is 33.8. The second-order valence-corrected chi connectivity index (χ2v) is 19.1. The van der Waals surface area contributed by atoms with Crippen molar-refractivity contribution in [1.82, 2.24) is 4.98 Å². The Morgan fingerprint density at radius 2 is 1.31 bits per heavy atom. The fourth-order valence-corrected chi connectivity index (χ4v) is 12.6. The van der Waals surface area contributed by atoms with Crippen LogP contribution in [0.3, 0.4) is 0 Å². The van der Waals surface area contributed by atoms with Crippen LogP contribution in [0.2, 0.25) is 0 Å². The predicted molar refractivity (Wildman–Crippen MR) is 247 cm³/mol. The molecule has 12 rings (SSSR count). The third kappa shape index (κ3) is 5.11. The molecular weight excluding hydrogens is 741 g/mol. The zero-order chi connectivity index (χ0) is 38.6. The average molecular weight is 779 g/mol. The minimum Gasteiger partial charge on any atom is -0.268 e. The van der Waals surface area contributed by atoms with Gasteiger partial charge in [0.05, 0.1) is 9.45 Å². The molecule has 4 heteroatoms. The lowest BCUT2D eigenvalue weighted by molar-refractivity contribution is 0.526. The van der Waals surface area contributed by atoms with Crippen molar-refractivity contribution in [2.45, 2.75) is 40.7 Å². The number of hydrogen-bond acceptors (Lipinski definition) is 4. The van der Waals surface area contributed by atoms with E-state index in [1.807, 2.05) is 41.7 Å². The summed E-state index contributed by atoms with van der Waals surface area (Å²) in [5.41, 5.74) is 16.4. The highest BCUT2D eigenvalue weighted by Gasteiger charge is 2.42. The molecule has 0 N–H and O–H groups in total. The Morgan fingerprint density at radius 3 is 2.19 bits per heavy atom. The molecule has 0 saturated heterocycles. The number of hydrogen-bond donors (Lipinski definition) is 0. The first-order chi connectivity index (χ1) is 28.4. The first kappa shape index (κ1) is 34.0. The van der Waals surface area contributed by atoms with E-state index in [9.17, 15) is 0 Å². The highest BCUT2D eigenvalue weighted by Crippen LogP contribution is 2.56. The van der Waals surface area contributed by atoms with Crippen LogP contribution < -0.4 is 0 Å². The topological polar surface area (TPSA) is 25.2 Å². The lowest BCUT2D eigenvalue weighted by Gasteiger charge is -2.40. The van der Waals surface area contributed by atoms with Crippen LogP contribution in [0.4, 0.5) is 0 Å². The maximum absolute atomic E-state index is 4.54. The maximum Gasteiger partial charge on any atom is 0.0634 e. The van der Waals surface area contributed by atoms with Gasteiger partial charge in [-0.25, -0.2) is 0 Å². The van der Waals surface area contributed by atoms with Gasteiger partial charge < -0.3 is 0 Å². The van der Waals surface area contributed by atoms with Crippen molar-refractivity contribution in [3.8, 4) is 55.6 Å². The number of fused-ring (bicyclic) bond motifs is 14. The molecule has 6 aromatic carbocycles. The molecule has 4 unspecified atom stereocenters. The Kier molecular flexibility index (Phi) is 7.46. The monoisotopic (exact) mass is 778 g/mol. The molecule has 2 aliphatic carbocycles. The van der Waals surface area contributed by atoms with Crippen LogP contribution in [0.15, 0.2) is 186 Å². The maximum atomic E-state index is 4.54. The zero-order valence-electron chi connectivity index (χ0n) is 32.2. The molecule has 8 aromatic rings. The number of aromatic nitrogens is 1. The summed E-state index contributed by atoms with van der Waals surface area (Å²) in [6.07, 6.45) is 19.5. The van der Waals surface area contributed by atoms with E-state index in [-0.39, 0.29) is 16.1 Å². The van der Waals surface area contributed by atoms with Crippen LogP contribution in [-0.4, -0.2) is 15.9 Å². The van der Waals surface area contributed by atoms with E-state index < -0.39 is 0 Å². The van der Waals surface area contributed by atoms with E-state index in [1.54, 1.807) is 0 Å². The van der Waals surface area contributed by atoms with E-state index in [0.29, 0.717) is 5.92 Å². The predicted octanol–water partition coefficient (Wildman–Crippen LogP) is 14.8. The molecular formula is C54H38N2S2. The van der Waals surface area contributed by atoms with Gasteiger partial charge in [0.15, 0.2) is 0 Å². The largest absolute Gasteiger partial charge is 0.268 e. The Balaban J connectivity index is 1.08. The van der Waals surface area contributed by atoms with Crippen molar-refractivity contribution in [3.63, 3.8) is 0 Å². The van der Waals surface area contributed by atoms with E-state index in [0.717, 1.165) is 0 Å². The van der Waals surface area contributed by atoms with Crippen molar-refractivity contribution >= 4 is 49.5 Å². The summed E-state index contributed by atoms with van der Waals surface area (Å²) in [6, 6.07) is 48.7. The molecule has 2 aromatic heterocycles. The molecule has 0 bridgehead atoms. The second kappa shape index (κ2) is 12.7. The summed E-state index contributed by atoms with van der Waals surface area (Å²) in [5.74, 6) is 0.528. The van der Waals surface area contributed by atoms with Gasteiger partial charge in [-0.15, -0.1) is 23.1 Å². The number of pyridine rings is 1. The van der Waals surface area contributed by atoms with Crippen LogP contribution in [0, 0.1) is 0 Å². The first-order valence-corrected chi connectivity index (χ1v) is 21.7. The average Bonchev–Trinajstić information content (AvgIpc) is 3.79. The van der Waals surface area contributed by atoms with Gasteiger partial charge in [0.2, 0.25) is 0 Å². The lowest BCUT2D eigenvalue weighted by Crippen LogP contribution is -2.30. The number of rotatable bonds is 3. The fourth-order valence-electron chi connectivity index (χ4n) is 10.1. The van der Waals surface area contributed by atoms with Gasteiger partial charge in [-0.2, -0.15) is 0 Å². The van der Waals surface area contributed by atoms with E-state index in [1.165, 1.54) is 97.4 Å². The molecule has 4 aliphatic rings. The highest BCUT2D eigenvalue weighted by atomic mass is 32.2. The first-order valence-electron chi connectivity index (χ1n) is 20.1. The number of allylic oxidation sites excluding steroid dienone is 5. The van der Waals surface area contributed by atoms with Gasteiger partial charge in [-0.05, 0) is 134 Å². The summed E-state index contributed by atoms with van der Waals surface area (Å²) in [5, 5.41) is 2.54. The van der Waals surface area contributed by atoms with Gasteiger partial charge in [0, 0.05) is 62.4 Å². The van der Waals surface area contributed by atoms with Crippen LogP contribution in [0.25, 0.3) is 75.8 Å². The highest BCUT2D eigenvalue weighted by molar-refractivity contribution is 8.01. The van der Waals surface area contributed by atoms with Crippen LogP contribution in [0.1, 0.15) is 42.4 Å². The summed E-state index contributed by atoms with van der Waals surface area (Å²) in [4.78, 5) is 10.3. The molecule has 2 nitrogen and oxygen atoms in total. The van der Waals surface area contributed by atoms with Crippen molar-refractivity contribution in [3.05, 3.63) is 193 Å². The Labute approximate surface area is 347 Å². The van der Waals surface area contributed by atoms with E-state index in [2.05, 4.69) is 188 Å². The summed E-state index contributed by atoms with van der Waals surface area (Å²) in [7, 11) is 0. The molecule has 0 amide bonds. The summed E-state index contributed by atoms with van der Waals surface area (Å²) < 4.78 is 2.44. The third-order valence-electron chi connectivity index (χ3n) is 13.1. The van der Waals surface area contributed by atoms with Crippen molar-refractivity contribution in [2.75, 3.05) is 0 Å². The van der Waals surface area contributed by atoms with Crippen molar-refractivity contribution in [1.29, 1.82) is 0 Å². The Bertz CT molecular complexity index is 3160. The molecule has 0 radical (unpaired) electrons. The van der Waals surface area contributed by atoms with Crippen molar-refractivity contribution in [2.24, 2.45) is 4.99 Å². The standard InChI is InChI=1S/C54H38N2S2/c1-53-22-8-7-13-47(53)41-10-4-3-9-39(41)40-17-14-33(28-44(40)42-11-5-6-12-48(42)53)36-25-37(34-15-18-50-45(29-34)43-20-23-55-31-52(43)57-50)27-38(26-36)35-16-19-51-46(30-35)49-21-24-56-32-54(49,2)58-51/h3-32,47,49H,1-2H3. The van der Waals surface area contributed by atoms with Gasteiger partial charge in [-0.1, -0.05) is 110 Å². The minimum absolute atomic E-state index is 0.0621. The van der Waals surface area contributed by atoms with Crippen molar-refractivity contribution < 1.29 is 0 Å². The van der Waals surface area contributed by atoms with Crippen LogP contribution in [-0.2, 0) is 5.41 Å². The molecule has 4 heterocycles. The normalized spacial score (nSPS) is 22.1.